The van der Waals surface area contributed by atoms with Gasteiger partial charge in [0.15, 0.2) is 0 Å². The molecular weight excluding hydrogens is 414 g/mol. The maximum absolute atomic E-state index is 14.5. The Balaban J connectivity index is 2.33. The van der Waals surface area contributed by atoms with Gasteiger partial charge in [-0.05, 0) is 24.3 Å². The average molecular weight is 422 g/mol. The second-order valence-corrected chi connectivity index (χ2v) is 7.07. The third-order valence-corrected chi connectivity index (χ3v) is 4.58. The molecule has 0 radical (unpaired) electrons. The summed E-state index contributed by atoms with van der Waals surface area (Å²) in [4.78, 5) is -1.21. The van der Waals surface area contributed by atoms with Crippen molar-refractivity contribution in [1.29, 1.82) is 0 Å². The van der Waals surface area contributed by atoms with Crippen LogP contribution in [0.3, 0.4) is 0 Å². The summed E-state index contributed by atoms with van der Waals surface area (Å²) in [6, 6.07) is 2.42. The molecule has 0 saturated heterocycles. The van der Waals surface area contributed by atoms with E-state index in [1.165, 1.54) is 0 Å². The number of benzene rings is 2. The molecule has 0 spiro atoms. The van der Waals surface area contributed by atoms with Gasteiger partial charge in [-0.3, -0.25) is 0 Å². The number of nitrogens with zero attached hydrogens (tertiary/aromatic N) is 1. The molecule has 0 fully saturated rings. The fourth-order valence-corrected chi connectivity index (χ4v) is 3.14. The molecule has 1 aromatic heterocycles. The van der Waals surface area contributed by atoms with E-state index in [1.54, 1.807) is 0 Å². The standard InChI is InChI=1S/C16H8F6N2O3S/c17-7-1-6(2-8(18)3-7)14-13(15(16(21)22)27-24-14)9-4-11(20)12(5-10(9)19)28(23,25)26/h1-5,16H,(H2,23,25,26). The van der Waals surface area contributed by atoms with Crippen molar-refractivity contribution in [2.75, 3.05) is 0 Å². The Morgan fingerprint density at radius 2 is 1.54 bits per heavy atom. The lowest BCUT2D eigenvalue weighted by molar-refractivity contribution is 0.113. The highest BCUT2D eigenvalue weighted by molar-refractivity contribution is 7.89. The SMILES string of the molecule is NS(=O)(=O)c1cc(F)c(-c2c(-c3cc(F)cc(F)c3)noc2C(F)F)cc1F. The van der Waals surface area contributed by atoms with Gasteiger partial charge in [0.05, 0.1) is 5.56 Å². The highest BCUT2D eigenvalue weighted by atomic mass is 32.2. The van der Waals surface area contributed by atoms with Crippen molar-refractivity contribution in [1.82, 2.24) is 5.16 Å². The van der Waals surface area contributed by atoms with Crippen molar-refractivity contribution in [2.45, 2.75) is 11.3 Å². The first-order valence-electron chi connectivity index (χ1n) is 7.25. The molecule has 1 heterocycles. The van der Waals surface area contributed by atoms with Crippen LogP contribution in [0.4, 0.5) is 26.3 Å². The average Bonchev–Trinajstić information content (AvgIpc) is 2.99. The number of halogens is 6. The first-order chi connectivity index (χ1) is 13.0. The lowest BCUT2D eigenvalue weighted by Crippen LogP contribution is -2.14. The van der Waals surface area contributed by atoms with Gasteiger partial charge in [-0.1, -0.05) is 5.16 Å². The minimum Gasteiger partial charge on any atom is -0.354 e. The highest BCUT2D eigenvalue weighted by Gasteiger charge is 2.30. The van der Waals surface area contributed by atoms with Gasteiger partial charge in [-0.2, -0.15) is 0 Å². The number of hydrogen-bond donors (Lipinski definition) is 1. The third-order valence-electron chi connectivity index (χ3n) is 3.65. The van der Waals surface area contributed by atoms with E-state index in [-0.39, 0.29) is 6.07 Å². The molecular formula is C16H8F6N2O3S. The maximum Gasteiger partial charge on any atom is 0.298 e. The molecule has 0 unspecified atom stereocenters. The summed E-state index contributed by atoms with van der Waals surface area (Å²) in [5, 5.41) is 8.05. The van der Waals surface area contributed by atoms with Crippen LogP contribution in [0.25, 0.3) is 22.4 Å². The van der Waals surface area contributed by atoms with Crippen molar-refractivity contribution >= 4 is 10.0 Å². The molecule has 0 aliphatic heterocycles. The van der Waals surface area contributed by atoms with Crippen molar-refractivity contribution in [3.05, 3.63) is 59.4 Å². The zero-order valence-electron chi connectivity index (χ0n) is 13.4. The number of aromatic nitrogens is 1. The summed E-state index contributed by atoms with van der Waals surface area (Å²) in [6.45, 7) is 0. The van der Waals surface area contributed by atoms with E-state index in [0.717, 1.165) is 0 Å². The molecule has 148 valence electrons. The van der Waals surface area contributed by atoms with Crippen molar-refractivity contribution < 1.29 is 39.3 Å². The highest BCUT2D eigenvalue weighted by Crippen LogP contribution is 2.41. The molecule has 0 atom stereocenters. The molecule has 12 heteroatoms. The molecule has 0 aliphatic carbocycles. The van der Waals surface area contributed by atoms with E-state index >= 15 is 0 Å². The molecule has 0 aliphatic rings. The summed E-state index contributed by atoms with van der Waals surface area (Å²) in [5.41, 5.74) is -2.65. The summed E-state index contributed by atoms with van der Waals surface area (Å²) >= 11 is 0. The van der Waals surface area contributed by atoms with Gasteiger partial charge in [-0.15, -0.1) is 0 Å². The maximum atomic E-state index is 14.5. The minimum absolute atomic E-state index is 0.193. The Labute approximate surface area is 153 Å². The lowest BCUT2D eigenvalue weighted by Gasteiger charge is -2.09. The zero-order valence-corrected chi connectivity index (χ0v) is 14.2. The van der Waals surface area contributed by atoms with Crippen LogP contribution in [-0.4, -0.2) is 13.6 Å². The Bertz CT molecular complexity index is 1160. The second kappa shape index (κ2) is 6.95. The van der Waals surface area contributed by atoms with Gasteiger partial charge >= 0.3 is 0 Å². The van der Waals surface area contributed by atoms with E-state index in [9.17, 15) is 34.8 Å². The lowest BCUT2D eigenvalue weighted by atomic mass is 9.98. The number of primary sulfonamides is 1. The Hall–Kier alpha value is -2.86. The Morgan fingerprint density at radius 1 is 0.929 bits per heavy atom. The first kappa shape index (κ1) is 19.9. The number of nitrogens with two attached hydrogens (primary N) is 1. The van der Waals surface area contributed by atoms with Crippen molar-refractivity contribution in [3.63, 3.8) is 0 Å². The summed E-state index contributed by atoms with van der Waals surface area (Å²) in [5.74, 6) is -6.36. The van der Waals surface area contributed by atoms with Crippen LogP contribution in [0.1, 0.15) is 12.2 Å². The minimum atomic E-state index is -4.64. The van der Waals surface area contributed by atoms with E-state index in [2.05, 4.69) is 9.68 Å². The van der Waals surface area contributed by atoms with Crippen LogP contribution in [0.5, 0.6) is 0 Å². The van der Waals surface area contributed by atoms with Gasteiger partial charge in [0.1, 0.15) is 33.9 Å². The quantitative estimate of drug-likeness (QED) is 0.640. The van der Waals surface area contributed by atoms with Crippen LogP contribution >= 0.6 is 0 Å². The first-order valence-corrected chi connectivity index (χ1v) is 8.80. The van der Waals surface area contributed by atoms with Gasteiger partial charge in [-0.25, -0.2) is 39.9 Å². The van der Waals surface area contributed by atoms with Crippen molar-refractivity contribution in [2.24, 2.45) is 5.14 Å². The van der Waals surface area contributed by atoms with E-state index in [1.807, 2.05) is 0 Å². The summed E-state index contributed by atoms with van der Waals surface area (Å²) < 4.78 is 109. The van der Waals surface area contributed by atoms with E-state index in [0.29, 0.717) is 24.3 Å². The molecule has 2 aromatic carbocycles. The monoisotopic (exact) mass is 422 g/mol. The molecule has 0 amide bonds. The van der Waals surface area contributed by atoms with Gasteiger partial charge in [0, 0.05) is 17.2 Å². The molecule has 0 bridgehead atoms. The van der Waals surface area contributed by atoms with Crippen LogP contribution in [-0.2, 0) is 10.0 Å². The summed E-state index contributed by atoms with van der Waals surface area (Å²) in [7, 11) is -4.64. The number of hydrogen-bond acceptors (Lipinski definition) is 4. The van der Waals surface area contributed by atoms with Gasteiger partial charge < -0.3 is 4.52 Å². The third kappa shape index (κ3) is 3.60. The number of rotatable bonds is 4. The fraction of sp³-hybridized carbons (Fsp3) is 0.0625. The molecule has 5 nitrogen and oxygen atoms in total. The largest absolute Gasteiger partial charge is 0.354 e. The van der Waals surface area contributed by atoms with E-state index in [4.69, 9.17) is 5.14 Å². The normalized spacial score (nSPS) is 12.0. The fourth-order valence-electron chi connectivity index (χ4n) is 2.54. The Morgan fingerprint density at radius 3 is 2.07 bits per heavy atom. The predicted molar refractivity (Wildman–Crippen MR) is 83.5 cm³/mol. The van der Waals surface area contributed by atoms with Crippen molar-refractivity contribution in [3.8, 4) is 22.4 Å². The number of sulfonamides is 1. The molecule has 3 aromatic rings. The zero-order chi connectivity index (χ0) is 20.8. The van der Waals surface area contributed by atoms with Crippen LogP contribution in [0.2, 0.25) is 0 Å². The Kier molecular flexibility index (Phi) is 4.93. The second-order valence-electron chi connectivity index (χ2n) is 5.54. The van der Waals surface area contributed by atoms with Crippen LogP contribution < -0.4 is 5.14 Å². The van der Waals surface area contributed by atoms with Crippen LogP contribution in [0.15, 0.2) is 39.8 Å². The molecule has 28 heavy (non-hydrogen) atoms. The predicted octanol–water partition coefficient (Wildman–Crippen LogP) is 4.15. The van der Waals surface area contributed by atoms with E-state index < -0.39 is 72.8 Å². The number of alkyl halides is 2. The molecule has 0 saturated carbocycles. The smallest absolute Gasteiger partial charge is 0.298 e. The molecule has 2 N–H and O–H groups in total. The summed E-state index contributed by atoms with van der Waals surface area (Å²) in [6.07, 6.45) is -3.35. The van der Waals surface area contributed by atoms with Gasteiger partial charge in [0.2, 0.25) is 15.8 Å². The van der Waals surface area contributed by atoms with Gasteiger partial charge in [0.25, 0.3) is 6.43 Å². The topological polar surface area (TPSA) is 86.2 Å². The molecule has 3 rings (SSSR count). The van der Waals surface area contributed by atoms with Crippen LogP contribution in [0, 0.1) is 23.3 Å².